The van der Waals surface area contributed by atoms with Gasteiger partial charge in [0.2, 0.25) is 0 Å². The molecule has 0 aromatic heterocycles. The molecule has 1 saturated carbocycles. The molecule has 2 aliphatic heterocycles. The number of carboxylic acids is 1. The molecule has 2 N–H and O–H groups in total. The van der Waals surface area contributed by atoms with E-state index in [1.807, 2.05) is 12.1 Å². The Morgan fingerprint density at radius 3 is 2.17 bits per heavy atom. The molecule has 5 heteroatoms. The minimum Gasteiger partial charge on any atom is -0.481 e. The first-order valence-electron chi connectivity index (χ1n) is 16.0. The number of piperidine rings is 1. The Morgan fingerprint density at radius 2 is 1.50 bits per heavy atom. The number of likely N-dealkylation sites (tertiary alicyclic amines) is 2. The fraction of sp³-hybridized carbons (Fsp3) is 0.629. The number of aliphatic hydroxyl groups is 1. The summed E-state index contributed by atoms with van der Waals surface area (Å²) in [5, 5.41) is 20.2. The molecule has 0 amide bonds. The number of aryl methyl sites for hydroxylation is 2. The molecule has 218 valence electrons. The fourth-order valence-corrected chi connectivity index (χ4v) is 7.59. The Morgan fingerprint density at radius 1 is 0.825 bits per heavy atom. The van der Waals surface area contributed by atoms with E-state index in [0.29, 0.717) is 18.3 Å². The molecular weight excluding hydrogens is 496 g/mol. The van der Waals surface area contributed by atoms with Crippen LogP contribution in [-0.4, -0.2) is 70.9 Å². The van der Waals surface area contributed by atoms with Crippen LogP contribution < -0.4 is 0 Å². The number of aliphatic carboxylic acids is 1. The third-order valence-electron chi connectivity index (χ3n) is 10.0. The molecule has 2 atom stereocenters. The van der Waals surface area contributed by atoms with Crippen molar-refractivity contribution in [3.63, 3.8) is 0 Å². The zero-order valence-corrected chi connectivity index (χ0v) is 24.4. The molecule has 0 spiro atoms. The largest absolute Gasteiger partial charge is 0.481 e. The molecule has 40 heavy (non-hydrogen) atoms. The highest BCUT2D eigenvalue weighted by molar-refractivity contribution is 5.67. The van der Waals surface area contributed by atoms with E-state index in [9.17, 15) is 9.90 Å². The zero-order valence-electron chi connectivity index (χ0n) is 24.4. The molecule has 5 nitrogen and oxygen atoms in total. The molecule has 0 unspecified atom stereocenters. The lowest BCUT2D eigenvalue weighted by molar-refractivity contribution is -0.136. The van der Waals surface area contributed by atoms with Gasteiger partial charge in [-0.25, -0.2) is 0 Å². The highest BCUT2D eigenvalue weighted by atomic mass is 16.4. The van der Waals surface area contributed by atoms with Gasteiger partial charge in [-0.1, -0.05) is 73.9 Å². The summed E-state index contributed by atoms with van der Waals surface area (Å²) in [5.41, 5.74) is 3.30. The van der Waals surface area contributed by atoms with E-state index in [4.69, 9.17) is 5.11 Å². The number of carboxylic acid groups (broad SMARTS) is 1. The van der Waals surface area contributed by atoms with Gasteiger partial charge >= 0.3 is 5.97 Å². The quantitative estimate of drug-likeness (QED) is 0.334. The van der Waals surface area contributed by atoms with Crippen LogP contribution in [0.15, 0.2) is 54.6 Å². The van der Waals surface area contributed by atoms with Gasteiger partial charge in [0.15, 0.2) is 0 Å². The second-order valence-corrected chi connectivity index (χ2v) is 13.1. The first kappa shape index (κ1) is 29.3. The van der Waals surface area contributed by atoms with E-state index in [1.165, 1.54) is 62.9 Å². The Labute approximate surface area is 241 Å². The van der Waals surface area contributed by atoms with Crippen molar-refractivity contribution in [2.75, 3.05) is 39.3 Å². The van der Waals surface area contributed by atoms with Crippen molar-refractivity contribution in [2.45, 2.75) is 88.6 Å². The number of nitrogens with zero attached hydrogens (tertiary/aromatic N) is 2. The fourth-order valence-electron chi connectivity index (χ4n) is 7.59. The average molecular weight is 547 g/mol. The predicted molar refractivity (Wildman–Crippen MR) is 162 cm³/mol. The van der Waals surface area contributed by atoms with E-state index in [1.54, 1.807) is 0 Å². The van der Waals surface area contributed by atoms with Crippen LogP contribution in [0, 0.1) is 11.8 Å². The van der Waals surface area contributed by atoms with Gasteiger partial charge in [0.25, 0.3) is 0 Å². The Balaban J connectivity index is 1.08. The molecule has 5 rings (SSSR count). The third-order valence-corrected chi connectivity index (χ3v) is 10.0. The van der Waals surface area contributed by atoms with Crippen LogP contribution in [0.25, 0.3) is 0 Å². The van der Waals surface area contributed by atoms with Gasteiger partial charge in [-0.3, -0.25) is 4.79 Å². The Kier molecular flexibility index (Phi) is 10.3. The third kappa shape index (κ3) is 8.41. The van der Waals surface area contributed by atoms with Crippen LogP contribution in [0.4, 0.5) is 0 Å². The molecule has 2 saturated heterocycles. The SMILES string of the molecule is O=C(O)CCc1ccc(CCCC2(O)CCN(C[C@H]3CN(CC4CCCCC4)C[C@@H]3c3ccccc3)CC2)cc1. The molecular formula is C35H50N2O3. The van der Waals surface area contributed by atoms with Gasteiger partial charge in [-0.15, -0.1) is 0 Å². The van der Waals surface area contributed by atoms with Gasteiger partial charge < -0.3 is 20.0 Å². The molecule has 3 aliphatic rings. The van der Waals surface area contributed by atoms with Gasteiger partial charge in [0.1, 0.15) is 0 Å². The number of hydrogen-bond acceptors (Lipinski definition) is 4. The minimum absolute atomic E-state index is 0.176. The molecule has 3 fully saturated rings. The van der Waals surface area contributed by atoms with Crippen LogP contribution >= 0.6 is 0 Å². The smallest absolute Gasteiger partial charge is 0.303 e. The maximum Gasteiger partial charge on any atom is 0.303 e. The normalized spacial score (nSPS) is 24.3. The highest BCUT2D eigenvalue weighted by Crippen LogP contribution is 2.36. The monoisotopic (exact) mass is 546 g/mol. The Hall–Kier alpha value is -2.21. The van der Waals surface area contributed by atoms with Crippen molar-refractivity contribution in [2.24, 2.45) is 11.8 Å². The number of carbonyl (C=O) groups is 1. The number of benzene rings is 2. The maximum absolute atomic E-state index is 11.4. The lowest BCUT2D eigenvalue weighted by Crippen LogP contribution is -2.46. The first-order chi connectivity index (χ1) is 19.5. The summed E-state index contributed by atoms with van der Waals surface area (Å²) in [6.45, 7) is 6.83. The van der Waals surface area contributed by atoms with Gasteiger partial charge in [0.05, 0.1) is 5.60 Å². The summed E-state index contributed by atoms with van der Waals surface area (Å²) >= 11 is 0. The van der Waals surface area contributed by atoms with Gasteiger partial charge in [-0.2, -0.15) is 0 Å². The van der Waals surface area contributed by atoms with Crippen LogP contribution in [0.3, 0.4) is 0 Å². The van der Waals surface area contributed by atoms with Crippen LogP contribution in [-0.2, 0) is 17.6 Å². The topological polar surface area (TPSA) is 64.0 Å². The van der Waals surface area contributed by atoms with Crippen LogP contribution in [0.5, 0.6) is 0 Å². The average Bonchev–Trinajstić information content (AvgIpc) is 3.36. The van der Waals surface area contributed by atoms with Crippen LogP contribution in [0.1, 0.15) is 86.8 Å². The zero-order chi connectivity index (χ0) is 27.8. The second kappa shape index (κ2) is 14.1. The summed E-state index contributed by atoms with van der Waals surface area (Å²) in [6.07, 6.45) is 12.4. The van der Waals surface area contributed by atoms with Crippen molar-refractivity contribution in [1.29, 1.82) is 0 Å². The van der Waals surface area contributed by atoms with Crippen molar-refractivity contribution in [3.05, 3.63) is 71.3 Å². The standard InChI is InChI=1S/C35H50N2O3/c38-34(39)18-17-29-15-13-28(14-16-29)10-7-19-35(40)20-22-36(23-21-35)25-32-26-37(24-30-8-3-1-4-9-30)27-33(32)31-11-5-2-6-12-31/h2,5-6,11-16,30,32-33,40H,1,3-4,7-10,17-27H2,(H,38,39)/t32-,33+/m0/s1. The summed E-state index contributed by atoms with van der Waals surface area (Å²) in [5.74, 6) is 1.42. The summed E-state index contributed by atoms with van der Waals surface area (Å²) in [7, 11) is 0. The molecule has 2 heterocycles. The molecule has 2 aromatic rings. The number of hydrogen-bond donors (Lipinski definition) is 2. The molecule has 2 aromatic carbocycles. The molecule has 0 radical (unpaired) electrons. The van der Waals surface area contributed by atoms with Crippen LogP contribution in [0.2, 0.25) is 0 Å². The second-order valence-electron chi connectivity index (χ2n) is 13.1. The van der Waals surface area contributed by atoms with E-state index < -0.39 is 11.6 Å². The number of rotatable bonds is 12. The van der Waals surface area contributed by atoms with E-state index in [2.05, 4.69) is 52.3 Å². The predicted octanol–water partition coefficient (Wildman–Crippen LogP) is 6.15. The maximum atomic E-state index is 11.4. The van der Waals surface area contributed by atoms with Crippen molar-refractivity contribution < 1.29 is 15.0 Å². The Bertz CT molecular complexity index is 1040. The first-order valence-corrected chi connectivity index (χ1v) is 16.0. The van der Waals surface area contributed by atoms with E-state index in [-0.39, 0.29) is 6.42 Å². The van der Waals surface area contributed by atoms with Crippen molar-refractivity contribution >= 4 is 5.97 Å². The lowest BCUT2D eigenvalue weighted by atomic mass is 9.84. The van der Waals surface area contributed by atoms with E-state index in [0.717, 1.165) is 63.2 Å². The molecule has 1 aliphatic carbocycles. The van der Waals surface area contributed by atoms with E-state index >= 15 is 0 Å². The summed E-state index contributed by atoms with van der Waals surface area (Å²) in [4.78, 5) is 16.2. The summed E-state index contributed by atoms with van der Waals surface area (Å²) in [6, 6.07) is 19.5. The van der Waals surface area contributed by atoms with Gasteiger partial charge in [0, 0.05) is 51.6 Å². The minimum atomic E-state index is -0.751. The molecule has 0 bridgehead atoms. The summed E-state index contributed by atoms with van der Waals surface area (Å²) < 4.78 is 0. The lowest BCUT2D eigenvalue weighted by Gasteiger charge is -2.40. The van der Waals surface area contributed by atoms with Crippen molar-refractivity contribution in [1.82, 2.24) is 9.80 Å². The highest BCUT2D eigenvalue weighted by Gasteiger charge is 2.38. The van der Waals surface area contributed by atoms with Gasteiger partial charge in [-0.05, 0) is 79.9 Å². The van der Waals surface area contributed by atoms with Crippen molar-refractivity contribution in [3.8, 4) is 0 Å².